The molecule has 1 atom stereocenters. The molecule has 0 saturated heterocycles. The van der Waals surface area contributed by atoms with E-state index in [1.54, 1.807) is 18.2 Å². The Kier molecular flexibility index (Phi) is 4.68. The van der Waals surface area contributed by atoms with Crippen LogP contribution in [0.5, 0.6) is 0 Å². The van der Waals surface area contributed by atoms with Gasteiger partial charge in [-0.25, -0.2) is 0 Å². The second kappa shape index (κ2) is 6.07. The van der Waals surface area contributed by atoms with Crippen molar-refractivity contribution in [1.29, 1.82) is 0 Å². The minimum Gasteiger partial charge on any atom is -0.349 e. The second-order valence-corrected chi connectivity index (χ2v) is 6.22. The van der Waals surface area contributed by atoms with Gasteiger partial charge in [0.05, 0.1) is 5.56 Å². The van der Waals surface area contributed by atoms with Crippen LogP contribution in [-0.4, -0.2) is 11.9 Å². The first kappa shape index (κ1) is 13.9. The Balaban J connectivity index is 2.02. The van der Waals surface area contributed by atoms with Crippen LogP contribution >= 0.6 is 27.5 Å². The molecule has 1 saturated carbocycles. The summed E-state index contributed by atoms with van der Waals surface area (Å²) in [5.41, 5.74) is 0.643. The lowest BCUT2D eigenvalue weighted by atomic mass is 9.99. The van der Waals surface area contributed by atoms with Crippen LogP contribution in [0.2, 0.25) is 5.02 Å². The first-order chi connectivity index (χ1) is 8.58. The normalized spacial score (nSPS) is 17.7. The van der Waals surface area contributed by atoms with E-state index in [0.29, 0.717) is 16.5 Å². The highest BCUT2D eigenvalue weighted by Crippen LogP contribution is 2.28. The number of rotatable bonds is 3. The Labute approximate surface area is 121 Å². The highest BCUT2D eigenvalue weighted by molar-refractivity contribution is 9.10. The number of hydrogen-bond donors (Lipinski definition) is 1. The number of carbonyl (C=O) groups excluding carboxylic acids is 1. The fourth-order valence-electron chi connectivity index (χ4n) is 2.53. The molecular formula is C14H17BrClNO. The van der Waals surface area contributed by atoms with Gasteiger partial charge in [0.2, 0.25) is 0 Å². The third kappa shape index (κ3) is 3.27. The first-order valence-corrected chi connectivity index (χ1v) is 7.51. The number of hydrogen-bond acceptors (Lipinski definition) is 1. The smallest absolute Gasteiger partial charge is 0.252 e. The average molecular weight is 331 g/mol. The van der Waals surface area contributed by atoms with Crippen molar-refractivity contribution in [2.24, 2.45) is 5.92 Å². The molecule has 0 aromatic heterocycles. The van der Waals surface area contributed by atoms with Crippen molar-refractivity contribution in [3.8, 4) is 0 Å². The van der Waals surface area contributed by atoms with E-state index in [2.05, 4.69) is 28.2 Å². The lowest BCUT2D eigenvalue weighted by Crippen LogP contribution is -2.37. The number of halogens is 2. The molecule has 1 fully saturated rings. The van der Waals surface area contributed by atoms with E-state index in [1.165, 1.54) is 25.7 Å². The molecule has 1 aromatic carbocycles. The number of nitrogens with one attached hydrogen (secondary N) is 1. The Morgan fingerprint density at radius 2 is 2.11 bits per heavy atom. The molecule has 1 N–H and O–H groups in total. The lowest BCUT2D eigenvalue weighted by molar-refractivity contribution is 0.0926. The summed E-state index contributed by atoms with van der Waals surface area (Å²) in [5.74, 6) is 0.595. The van der Waals surface area contributed by atoms with Crippen LogP contribution in [0.25, 0.3) is 0 Å². The summed E-state index contributed by atoms with van der Waals surface area (Å²) in [4.78, 5) is 12.2. The van der Waals surface area contributed by atoms with Crippen LogP contribution in [0, 0.1) is 5.92 Å². The van der Waals surface area contributed by atoms with Gasteiger partial charge in [0, 0.05) is 15.5 Å². The maximum atomic E-state index is 12.2. The Morgan fingerprint density at radius 3 is 2.72 bits per heavy atom. The van der Waals surface area contributed by atoms with E-state index in [9.17, 15) is 4.79 Å². The van der Waals surface area contributed by atoms with Gasteiger partial charge >= 0.3 is 0 Å². The number of benzene rings is 1. The standard InChI is InChI=1S/C14H17BrClNO/c1-9(10-4-2-3-5-10)17-14(18)12-7-6-11(16)8-13(12)15/h6-10H,2-5H2,1H3,(H,17,18). The molecule has 1 unspecified atom stereocenters. The van der Waals surface area contributed by atoms with E-state index in [4.69, 9.17) is 11.6 Å². The van der Waals surface area contributed by atoms with Gasteiger partial charge in [-0.2, -0.15) is 0 Å². The predicted molar refractivity (Wildman–Crippen MR) is 78.0 cm³/mol. The molecule has 1 aromatic rings. The molecule has 2 nitrogen and oxygen atoms in total. The van der Waals surface area contributed by atoms with E-state index in [1.807, 2.05) is 0 Å². The van der Waals surface area contributed by atoms with Crippen LogP contribution in [-0.2, 0) is 0 Å². The zero-order valence-electron chi connectivity index (χ0n) is 10.4. The predicted octanol–water partition coefficient (Wildman–Crippen LogP) is 4.41. The third-order valence-electron chi connectivity index (χ3n) is 3.64. The van der Waals surface area contributed by atoms with Gasteiger partial charge in [0.1, 0.15) is 0 Å². The molecule has 0 spiro atoms. The van der Waals surface area contributed by atoms with Crippen LogP contribution in [0.15, 0.2) is 22.7 Å². The Hall–Kier alpha value is -0.540. The summed E-state index contributed by atoms with van der Waals surface area (Å²) < 4.78 is 0.742. The van der Waals surface area contributed by atoms with E-state index in [0.717, 1.165) is 4.47 Å². The van der Waals surface area contributed by atoms with Crippen LogP contribution in [0.3, 0.4) is 0 Å². The van der Waals surface area contributed by atoms with Gasteiger partial charge in [-0.1, -0.05) is 24.4 Å². The van der Waals surface area contributed by atoms with Gasteiger partial charge in [-0.15, -0.1) is 0 Å². The minimum absolute atomic E-state index is 0.0297. The summed E-state index contributed by atoms with van der Waals surface area (Å²) in [6, 6.07) is 5.48. The molecule has 2 rings (SSSR count). The summed E-state index contributed by atoms with van der Waals surface area (Å²) in [5, 5.41) is 3.71. The number of carbonyl (C=O) groups is 1. The van der Waals surface area contributed by atoms with Gasteiger partial charge in [0.15, 0.2) is 0 Å². The van der Waals surface area contributed by atoms with Crippen LogP contribution < -0.4 is 5.32 Å². The van der Waals surface area contributed by atoms with E-state index < -0.39 is 0 Å². The monoisotopic (exact) mass is 329 g/mol. The van der Waals surface area contributed by atoms with Crippen molar-refractivity contribution in [3.05, 3.63) is 33.3 Å². The molecule has 18 heavy (non-hydrogen) atoms. The summed E-state index contributed by atoms with van der Waals surface area (Å²) in [6.07, 6.45) is 5.03. The molecule has 0 bridgehead atoms. The van der Waals surface area contributed by atoms with Gasteiger partial charge < -0.3 is 5.32 Å². The highest BCUT2D eigenvalue weighted by Gasteiger charge is 2.23. The van der Waals surface area contributed by atoms with Gasteiger partial charge in [-0.05, 0) is 59.8 Å². The number of amides is 1. The molecule has 1 aliphatic rings. The molecular weight excluding hydrogens is 314 g/mol. The largest absolute Gasteiger partial charge is 0.349 e. The zero-order chi connectivity index (χ0) is 13.1. The van der Waals surface area contributed by atoms with Crippen LogP contribution in [0.1, 0.15) is 43.0 Å². The molecule has 0 aliphatic heterocycles. The average Bonchev–Trinajstić information content (AvgIpc) is 2.81. The molecule has 1 amide bonds. The molecule has 0 radical (unpaired) electrons. The molecule has 4 heteroatoms. The second-order valence-electron chi connectivity index (χ2n) is 4.93. The van der Waals surface area contributed by atoms with Crippen molar-refractivity contribution in [2.75, 3.05) is 0 Å². The summed E-state index contributed by atoms with van der Waals surface area (Å²) >= 11 is 9.25. The van der Waals surface area contributed by atoms with Gasteiger partial charge in [0.25, 0.3) is 5.91 Å². The zero-order valence-corrected chi connectivity index (χ0v) is 12.7. The van der Waals surface area contributed by atoms with E-state index in [-0.39, 0.29) is 11.9 Å². The lowest BCUT2D eigenvalue weighted by Gasteiger charge is -2.20. The summed E-state index contributed by atoms with van der Waals surface area (Å²) in [7, 11) is 0. The van der Waals surface area contributed by atoms with E-state index >= 15 is 0 Å². The van der Waals surface area contributed by atoms with Crippen molar-refractivity contribution in [2.45, 2.75) is 38.6 Å². The van der Waals surface area contributed by atoms with Crippen molar-refractivity contribution in [3.63, 3.8) is 0 Å². The summed E-state index contributed by atoms with van der Waals surface area (Å²) in [6.45, 7) is 2.09. The Morgan fingerprint density at radius 1 is 1.44 bits per heavy atom. The molecule has 98 valence electrons. The van der Waals surface area contributed by atoms with Gasteiger partial charge in [-0.3, -0.25) is 4.79 Å². The minimum atomic E-state index is -0.0297. The highest BCUT2D eigenvalue weighted by atomic mass is 79.9. The topological polar surface area (TPSA) is 29.1 Å². The first-order valence-electron chi connectivity index (χ1n) is 6.34. The molecule has 0 heterocycles. The fraction of sp³-hybridized carbons (Fsp3) is 0.500. The quantitative estimate of drug-likeness (QED) is 0.874. The van der Waals surface area contributed by atoms with Crippen LogP contribution in [0.4, 0.5) is 0 Å². The van der Waals surface area contributed by atoms with Crippen molar-refractivity contribution in [1.82, 2.24) is 5.32 Å². The fourth-order valence-corrected chi connectivity index (χ4v) is 3.40. The third-order valence-corrected chi connectivity index (χ3v) is 4.53. The van der Waals surface area contributed by atoms with Crippen molar-refractivity contribution >= 4 is 33.4 Å². The Bertz CT molecular complexity index is 443. The molecule has 1 aliphatic carbocycles. The van der Waals surface area contributed by atoms with Crippen molar-refractivity contribution < 1.29 is 4.79 Å². The maximum Gasteiger partial charge on any atom is 0.252 e. The maximum absolute atomic E-state index is 12.2. The SMILES string of the molecule is CC(NC(=O)c1ccc(Cl)cc1Br)C1CCCC1.